The molecule has 1 amide bonds. The van der Waals surface area contributed by atoms with Crippen LogP contribution in [0.2, 0.25) is 0 Å². The van der Waals surface area contributed by atoms with Gasteiger partial charge in [-0.15, -0.1) is 0 Å². The monoisotopic (exact) mass is 387 g/mol. The zero-order valence-corrected chi connectivity index (χ0v) is 16.5. The van der Waals surface area contributed by atoms with E-state index in [1.165, 1.54) is 26.0 Å². The quantitative estimate of drug-likeness (QED) is 0.744. The maximum absolute atomic E-state index is 12.8. The molecule has 28 heavy (non-hydrogen) atoms. The molecule has 0 saturated carbocycles. The lowest BCUT2D eigenvalue weighted by molar-refractivity contribution is -0.150. The Balaban J connectivity index is 2.38. The summed E-state index contributed by atoms with van der Waals surface area (Å²) < 4.78 is 15.9. The number of carbonyl (C=O) groups is 2. The Labute approximate surface area is 164 Å². The number of carboxylic acids is 1. The molecule has 2 rings (SSSR count). The summed E-state index contributed by atoms with van der Waals surface area (Å²) in [6, 6.07) is 14.0. The third-order valence-electron chi connectivity index (χ3n) is 4.63. The number of likely N-dealkylation sites (N-methyl/N-ethyl adjacent to an activating group) is 1. The van der Waals surface area contributed by atoms with Crippen molar-refractivity contribution in [3.63, 3.8) is 0 Å². The SMILES string of the molecule is CCN(C(=O)OCc1ccccc1)C(C)(C(=O)O)c1ccc(OC)cc1OC. The van der Waals surface area contributed by atoms with Gasteiger partial charge in [0.15, 0.2) is 5.54 Å². The molecule has 0 aliphatic rings. The van der Waals surface area contributed by atoms with E-state index in [0.29, 0.717) is 17.1 Å². The third kappa shape index (κ3) is 4.19. The fourth-order valence-electron chi connectivity index (χ4n) is 3.00. The fourth-order valence-corrected chi connectivity index (χ4v) is 3.00. The second kappa shape index (κ2) is 9.12. The first-order valence-electron chi connectivity index (χ1n) is 8.82. The van der Waals surface area contributed by atoms with Gasteiger partial charge in [0.2, 0.25) is 0 Å². The summed E-state index contributed by atoms with van der Waals surface area (Å²) in [5.74, 6) is -0.379. The highest BCUT2D eigenvalue weighted by molar-refractivity contribution is 5.86. The predicted molar refractivity (Wildman–Crippen MR) is 104 cm³/mol. The molecule has 0 fully saturated rings. The Morgan fingerprint density at radius 2 is 1.75 bits per heavy atom. The molecule has 0 spiro atoms. The van der Waals surface area contributed by atoms with Crippen LogP contribution >= 0.6 is 0 Å². The first-order valence-corrected chi connectivity index (χ1v) is 8.82. The average Bonchev–Trinajstić information content (AvgIpc) is 2.72. The van der Waals surface area contributed by atoms with Gasteiger partial charge in [-0.2, -0.15) is 0 Å². The smallest absolute Gasteiger partial charge is 0.411 e. The van der Waals surface area contributed by atoms with E-state index < -0.39 is 17.6 Å². The molecule has 2 aromatic carbocycles. The Bertz CT molecular complexity index is 823. The van der Waals surface area contributed by atoms with Crippen LogP contribution in [0, 0.1) is 0 Å². The van der Waals surface area contributed by atoms with Gasteiger partial charge in [0.25, 0.3) is 0 Å². The molecule has 0 heterocycles. The van der Waals surface area contributed by atoms with Crippen molar-refractivity contribution in [1.29, 1.82) is 0 Å². The van der Waals surface area contributed by atoms with Crippen LogP contribution in [-0.2, 0) is 21.7 Å². The van der Waals surface area contributed by atoms with Gasteiger partial charge in [-0.1, -0.05) is 30.3 Å². The Kier molecular flexibility index (Phi) is 6.87. The van der Waals surface area contributed by atoms with E-state index in [1.54, 1.807) is 25.1 Å². The van der Waals surface area contributed by atoms with Crippen molar-refractivity contribution < 1.29 is 28.9 Å². The largest absolute Gasteiger partial charge is 0.497 e. The van der Waals surface area contributed by atoms with Gasteiger partial charge in [-0.25, -0.2) is 9.59 Å². The van der Waals surface area contributed by atoms with Crippen molar-refractivity contribution >= 4 is 12.1 Å². The lowest BCUT2D eigenvalue weighted by atomic mass is 9.89. The molecule has 1 unspecified atom stereocenters. The number of ether oxygens (including phenoxy) is 3. The predicted octanol–water partition coefficient (Wildman–Crippen LogP) is 3.66. The number of benzene rings is 2. The fraction of sp³-hybridized carbons (Fsp3) is 0.333. The summed E-state index contributed by atoms with van der Waals surface area (Å²) >= 11 is 0. The van der Waals surface area contributed by atoms with E-state index in [0.717, 1.165) is 5.56 Å². The van der Waals surface area contributed by atoms with Crippen LogP contribution in [0.15, 0.2) is 48.5 Å². The number of hydrogen-bond acceptors (Lipinski definition) is 5. The van der Waals surface area contributed by atoms with Gasteiger partial charge in [-0.3, -0.25) is 4.90 Å². The molecule has 0 aromatic heterocycles. The van der Waals surface area contributed by atoms with E-state index in [1.807, 2.05) is 30.3 Å². The number of methoxy groups -OCH3 is 2. The van der Waals surface area contributed by atoms with Crippen LogP contribution in [-0.4, -0.2) is 42.8 Å². The molecular weight excluding hydrogens is 362 g/mol. The van der Waals surface area contributed by atoms with E-state index >= 15 is 0 Å². The van der Waals surface area contributed by atoms with Crippen LogP contribution in [0.25, 0.3) is 0 Å². The summed E-state index contributed by atoms with van der Waals surface area (Å²) in [5, 5.41) is 10.0. The van der Waals surface area contributed by atoms with Gasteiger partial charge < -0.3 is 19.3 Å². The Morgan fingerprint density at radius 1 is 1.07 bits per heavy atom. The van der Waals surface area contributed by atoms with Crippen molar-refractivity contribution in [3.8, 4) is 11.5 Å². The van der Waals surface area contributed by atoms with Crippen LogP contribution in [0.1, 0.15) is 25.0 Å². The molecule has 150 valence electrons. The molecule has 0 radical (unpaired) electrons. The lowest BCUT2D eigenvalue weighted by Gasteiger charge is -2.37. The van der Waals surface area contributed by atoms with E-state index in [2.05, 4.69) is 0 Å². The van der Waals surface area contributed by atoms with Crippen LogP contribution in [0.4, 0.5) is 4.79 Å². The summed E-state index contributed by atoms with van der Waals surface area (Å²) in [7, 11) is 2.94. The normalized spacial score (nSPS) is 12.6. The second-order valence-corrected chi connectivity index (χ2v) is 6.23. The van der Waals surface area contributed by atoms with Crippen LogP contribution < -0.4 is 9.47 Å². The first kappa shape index (κ1) is 21.1. The molecule has 0 saturated heterocycles. The van der Waals surface area contributed by atoms with E-state index in [-0.39, 0.29) is 13.2 Å². The summed E-state index contributed by atoms with van der Waals surface area (Å²) in [6.07, 6.45) is -0.728. The number of carboxylic acid groups (broad SMARTS) is 1. The van der Waals surface area contributed by atoms with Gasteiger partial charge in [0.05, 0.1) is 14.2 Å². The van der Waals surface area contributed by atoms with Crippen molar-refractivity contribution in [2.75, 3.05) is 20.8 Å². The maximum Gasteiger partial charge on any atom is 0.411 e. The number of nitrogens with zero attached hydrogens (tertiary/aromatic N) is 1. The van der Waals surface area contributed by atoms with Crippen LogP contribution in [0.3, 0.4) is 0 Å². The third-order valence-corrected chi connectivity index (χ3v) is 4.63. The molecule has 1 N–H and O–H groups in total. The van der Waals surface area contributed by atoms with Gasteiger partial charge >= 0.3 is 12.1 Å². The Hall–Kier alpha value is -3.22. The van der Waals surface area contributed by atoms with Crippen molar-refractivity contribution in [2.24, 2.45) is 0 Å². The average molecular weight is 387 g/mol. The number of hydrogen-bond donors (Lipinski definition) is 1. The van der Waals surface area contributed by atoms with Gasteiger partial charge in [0.1, 0.15) is 18.1 Å². The number of rotatable bonds is 8. The lowest BCUT2D eigenvalue weighted by Crippen LogP contribution is -2.53. The number of carbonyl (C=O) groups excluding carboxylic acids is 1. The molecule has 0 bridgehead atoms. The minimum absolute atomic E-state index is 0.0472. The topological polar surface area (TPSA) is 85.3 Å². The minimum Gasteiger partial charge on any atom is -0.497 e. The summed E-state index contributed by atoms with van der Waals surface area (Å²) in [4.78, 5) is 26.2. The standard InChI is InChI=1S/C21H25NO6/c1-5-22(20(25)28-14-15-9-7-6-8-10-15)21(2,19(23)24)17-12-11-16(26-3)13-18(17)27-4/h6-13H,5,14H2,1-4H3,(H,23,24). The maximum atomic E-state index is 12.8. The first-order chi connectivity index (χ1) is 13.4. The van der Waals surface area contributed by atoms with Crippen molar-refractivity contribution in [3.05, 3.63) is 59.7 Å². The number of amides is 1. The Morgan fingerprint density at radius 3 is 2.29 bits per heavy atom. The van der Waals surface area contributed by atoms with Crippen molar-refractivity contribution in [1.82, 2.24) is 4.90 Å². The number of aliphatic carboxylic acids is 1. The highest BCUT2D eigenvalue weighted by Crippen LogP contribution is 2.38. The molecule has 1 atom stereocenters. The van der Waals surface area contributed by atoms with E-state index in [9.17, 15) is 14.7 Å². The molecule has 2 aromatic rings. The highest BCUT2D eigenvalue weighted by atomic mass is 16.6. The van der Waals surface area contributed by atoms with Crippen molar-refractivity contribution in [2.45, 2.75) is 26.0 Å². The second-order valence-electron chi connectivity index (χ2n) is 6.23. The zero-order chi connectivity index (χ0) is 20.7. The van der Waals surface area contributed by atoms with Gasteiger partial charge in [-0.05, 0) is 31.5 Å². The highest BCUT2D eigenvalue weighted by Gasteiger charge is 2.46. The molecule has 0 aliphatic carbocycles. The van der Waals surface area contributed by atoms with Gasteiger partial charge in [0, 0.05) is 18.2 Å². The van der Waals surface area contributed by atoms with Crippen LogP contribution in [0.5, 0.6) is 11.5 Å². The van der Waals surface area contributed by atoms with E-state index in [4.69, 9.17) is 14.2 Å². The molecule has 7 heteroatoms. The zero-order valence-electron chi connectivity index (χ0n) is 16.5. The molecular formula is C21H25NO6. The molecule has 7 nitrogen and oxygen atoms in total. The summed E-state index contributed by atoms with van der Waals surface area (Å²) in [6.45, 7) is 3.32. The molecule has 0 aliphatic heterocycles. The summed E-state index contributed by atoms with van der Waals surface area (Å²) in [5.41, 5.74) is -0.562. The minimum atomic E-state index is -1.69.